The number of rotatable bonds is 12. The highest BCUT2D eigenvalue weighted by molar-refractivity contribution is 7.91. The fourth-order valence-corrected chi connectivity index (χ4v) is 5.81. The van der Waals surface area contributed by atoms with Crippen molar-refractivity contribution in [1.82, 2.24) is 14.5 Å². The Hall–Kier alpha value is -1.16. The van der Waals surface area contributed by atoms with E-state index in [2.05, 4.69) is 15.2 Å². The third-order valence-corrected chi connectivity index (χ3v) is 8.45. The van der Waals surface area contributed by atoms with Crippen molar-refractivity contribution < 1.29 is 13.2 Å². The van der Waals surface area contributed by atoms with E-state index in [9.17, 15) is 8.42 Å². The summed E-state index contributed by atoms with van der Waals surface area (Å²) in [4.78, 5) is 7.41. The van der Waals surface area contributed by atoms with Crippen LogP contribution in [0.2, 0.25) is 0 Å². The molecule has 7 nitrogen and oxygen atoms in total. The maximum Gasteiger partial charge on any atom is 0.252 e. The van der Waals surface area contributed by atoms with E-state index in [1.54, 1.807) is 13.1 Å². The lowest BCUT2D eigenvalue weighted by Gasteiger charge is -2.22. The van der Waals surface area contributed by atoms with E-state index in [1.165, 1.54) is 28.5 Å². The number of sulfonamides is 1. The van der Waals surface area contributed by atoms with Crippen LogP contribution >= 0.6 is 11.3 Å². The smallest absolute Gasteiger partial charge is 0.252 e. The van der Waals surface area contributed by atoms with Gasteiger partial charge in [0, 0.05) is 51.8 Å². The molecule has 1 aliphatic rings. The van der Waals surface area contributed by atoms with Gasteiger partial charge in [0.15, 0.2) is 5.96 Å². The molecule has 28 heavy (non-hydrogen) atoms. The molecule has 0 unspecified atom stereocenters. The summed E-state index contributed by atoms with van der Waals surface area (Å²) in [6.45, 7) is 7.75. The maximum atomic E-state index is 12.6. The zero-order valence-corrected chi connectivity index (χ0v) is 19.1. The second-order valence-electron chi connectivity index (χ2n) is 6.97. The molecule has 0 spiro atoms. The molecule has 1 N–H and O–H groups in total. The van der Waals surface area contributed by atoms with Crippen molar-refractivity contribution in [2.75, 3.05) is 53.5 Å². The molecule has 1 aromatic heterocycles. The van der Waals surface area contributed by atoms with E-state index >= 15 is 0 Å². The summed E-state index contributed by atoms with van der Waals surface area (Å²) in [7, 11) is 0.395. The molecular formula is C19H34N4O3S2. The Labute approximate surface area is 173 Å². The number of likely N-dealkylation sites (N-methyl/N-ethyl adjacent to an activating group) is 1. The van der Waals surface area contributed by atoms with Gasteiger partial charge in [-0.15, -0.1) is 11.3 Å². The predicted octanol–water partition coefficient (Wildman–Crippen LogP) is 2.25. The van der Waals surface area contributed by atoms with Gasteiger partial charge in [-0.1, -0.05) is 13.8 Å². The molecule has 0 atom stereocenters. The summed E-state index contributed by atoms with van der Waals surface area (Å²) in [6, 6.07) is 3.62. The van der Waals surface area contributed by atoms with E-state index in [1.807, 2.05) is 27.0 Å². The van der Waals surface area contributed by atoms with Crippen LogP contribution in [0.25, 0.3) is 0 Å². The van der Waals surface area contributed by atoms with Gasteiger partial charge in [0.05, 0.1) is 6.61 Å². The fraction of sp³-hybridized carbons (Fsp3) is 0.737. The zero-order valence-electron chi connectivity index (χ0n) is 17.5. The molecule has 0 aromatic carbocycles. The minimum atomic E-state index is -3.37. The van der Waals surface area contributed by atoms with Crippen molar-refractivity contribution in [3.05, 3.63) is 17.0 Å². The Morgan fingerprint density at radius 2 is 2.04 bits per heavy atom. The largest absolute Gasteiger partial charge is 0.379 e. The highest BCUT2D eigenvalue weighted by Gasteiger charge is 2.23. The molecule has 160 valence electrons. The van der Waals surface area contributed by atoms with Crippen LogP contribution in [-0.4, -0.2) is 77.1 Å². The molecule has 0 bridgehead atoms. The highest BCUT2D eigenvalue weighted by Crippen LogP contribution is 2.28. The third kappa shape index (κ3) is 6.72. The summed E-state index contributed by atoms with van der Waals surface area (Å²) in [6.07, 6.45) is 3.36. The van der Waals surface area contributed by atoms with E-state index in [0.717, 1.165) is 36.3 Å². The summed E-state index contributed by atoms with van der Waals surface area (Å²) in [5.41, 5.74) is 0. The minimum Gasteiger partial charge on any atom is -0.379 e. The van der Waals surface area contributed by atoms with Crippen LogP contribution in [0.3, 0.4) is 0 Å². The van der Waals surface area contributed by atoms with Crippen LogP contribution in [0.4, 0.5) is 0 Å². The lowest BCUT2D eigenvalue weighted by Crippen LogP contribution is -2.41. The first-order valence-electron chi connectivity index (χ1n) is 10.0. The van der Waals surface area contributed by atoms with E-state index in [-0.39, 0.29) is 0 Å². The second-order valence-corrected chi connectivity index (χ2v) is 10.3. The van der Waals surface area contributed by atoms with Gasteiger partial charge < -0.3 is 15.0 Å². The molecule has 1 aliphatic carbocycles. The number of nitrogens with one attached hydrogen (secondary N) is 1. The lowest BCUT2D eigenvalue weighted by atomic mass is 10.3. The van der Waals surface area contributed by atoms with Crippen molar-refractivity contribution >= 4 is 27.3 Å². The summed E-state index contributed by atoms with van der Waals surface area (Å²) < 4.78 is 32.8. The number of nitrogens with zero attached hydrogens (tertiary/aromatic N) is 3. The summed E-state index contributed by atoms with van der Waals surface area (Å²) in [5, 5.41) is 3.34. The van der Waals surface area contributed by atoms with Gasteiger partial charge >= 0.3 is 0 Å². The maximum absolute atomic E-state index is 12.6. The Balaban J connectivity index is 1.77. The van der Waals surface area contributed by atoms with Gasteiger partial charge in [-0.05, 0) is 37.3 Å². The van der Waals surface area contributed by atoms with E-state index in [4.69, 9.17) is 4.74 Å². The normalized spacial score (nSPS) is 15.2. The molecule has 0 aliphatic heterocycles. The molecule has 1 aromatic rings. The van der Waals surface area contributed by atoms with E-state index < -0.39 is 10.0 Å². The van der Waals surface area contributed by atoms with Crippen molar-refractivity contribution in [2.45, 2.75) is 37.3 Å². The van der Waals surface area contributed by atoms with E-state index in [0.29, 0.717) is 30.5 Å². The number of ether oxygens (including phenoxy) is 1. The van der Waals surface area contributed by atoms with Crippen LogP contribution in [0.1, 0.15) is 31.6 Å². The van der Waals surface area contributed by atoms with Crippen LogP contribution < -0.4 is 5.32 Å². The van der Waals surface area contributed by atoms with Gasteiger partial charge in [0.1, 0.15) is 4.21 Å². The topological polar surface area (TPSA) is 74.2 Å². The quantitative estimate of drug-likeness (QED) is 0.313. The first-order chi connectivity index (χ1) is 13.4. The third-order valence-electron chi connectivity index (χ3n) is 4.79. The molecule has 0 saturated heterocycles. The Morgan fingerprint density at radius 3 is 2.64 bits per heavy atom. The van der Waals surface area contributed by atoms with Gasteiger partial charge in [-0.2, -0.15) is 4.31 Å². The average Bonchev–Trinajstić information content (AvgIpc) is 3.37. The summed E-state index contributed by atoms with van der Waals surface area (Å²) in [5.74, 6) is 1.60. The SMILES string of the molecule is CCN(CC)S(=O)(=O)c1ccc(CCNC(=NC)N(C)CCOCC2CC2)s1. The van der Waals surface area contributed by atoms with Crippen molar-refractivity contribution in [1.29, 1.82) is 0 Å². The number of hydrogen-bond donors (Lipinski definition) is 1. The van der Waals surface area contributed by atoms with Crippen LogP contribution in [-0.2, 0) is 21.2 Å². The lowest BCUT2D eigenvalue weighted by molar-refractivity contribution is 0.115. The standard InChI is InChI=1S/C19H34N4O3S2/c1-5-23(6-2)28(24,25)18-10-9-17(27-18)11-12-21-19(20-3)22(4)13-14-26-15-16-7-8-16/h9-10,16H,5-8,11-15H2,1-4H3,(H,20,21). The van der Waals surface area contributed by atoms with Crippen molar-refractivity contribution in [2.24, 2.45) is 10.9 Å². The zero-order chi connectivity index (χ0) is 20.6. The molecule has 2 rings (SSSR count). The molecule has 1 saturated carbocycles. The first kappa shape index (κ1) is 23.1. The number of guanidine groups is 1. The first-order valence-corrected chi connectivity index (χ1v) is 12.3. The van der Waals surface area contributed by atoms with Crippen LogP contribution in [0.15, 0.2) is 21.3 Å². The molecule has 1 heterocycles. The van der Waals surface area contributed by atoms with Crippen LogP contribution in [0, 0.1) is 5.92 Å². The Kier molecular flexibility index (Phi) is 9.20. The van der Waals surface area contributed by atoms with Gasteiger partial charge in [-0.3, -0.25) is 4.99 Å². The second kappa shape index (κ2) is 11.1. The van der Waals surface area contributed by atoms with Gasteiger partial charge in [-0.25, -0.2) is 8.42 Å². The minimum absolute atomic E-state index is 0.417. The van der Waals surface area contributed by atoms with Crippen LogP contribution in [0.5, 0.6) is 0 Å². The number of hydrogen-bond acceptors (Lipinski definition) is 5. The van der Waals surface area contributed by atoms with Gasteiger partial charge in [0.25, 0.3) is 10.0 Å². The predicted molar refractivity (Wildman–Crippen MR) is 116 cm³/mol. The van der Waals surface area contributed by atoms with Crippen molar-refractivity contribution in [3.63, 3.8) is 0 Å². The molecule has 0 amide bonds. The molecule has 0 radical (unpaired) electrons. The summed E-state index contributed by atoms with van der Waals surface area (Å²) >= 11 is 1.35. The highest BCUT2D eigenvalue weighted by atomic mass is 32.2. The number of aliphatic imine (C=N–C) groups is 1. The Bertz CT molecular complexity index is 725. The molecular weight excluding hydrogens is 396 g/mol. The van der Waals surface area contributed by atoms with Crippen molar-refractivity contribution in [3.8, 4) is 0 Å². The molecule has 1 fully saturated rings. The molecule has 9 heteroatoms. The van der Waals surface area contributed by atoms with Gasteiger partial charge in [0.2, 0.25) is 0 Å². The number of thiophene rings is 1. The average molecular weight is 431 g/mol. The Morgan fingerprint density at radius 1 is 1.32 bits per heavy atom. The fourth-order valence-electron chi connectivity index (χ4n) is 2.85. The monoisotopic (exact) mass is 430 g/mol.